The second kappa shape index (κ2) is 8.74. The SMILES string of the molecule is CCc1nc(OCCOC(=O)OC(C)(C)C)c2cc(NC3(C#N)CCC3)ccc2n1. The van der Waals surface area contributed by atoms with E-state index < -0.39 is 17.3 Å². The van der Waals surface area contributed by atoms with E-state index in [2.05, 4.69) is 21.4 Å². The highest BCUT2D eigenvalue weighted by Gasteiger charge is 2.37. The Labute approximate surface area is 176 Å². The van der Waals surface area contributed by atoms with Gasteiger partial charge in [0.25, 0.3) is 0 Å². The molecule has 160 valence electrons. The molecule has 0 aliphatic heterocycles. The molecule has 1 aromatic carbocycles. The van der Waals surface area contributed by atoms with Crippen LogP contribution >= 0.6 is 0 Å². The van der Waals surface area contributed by atoms with E-state index in [1.54, 1.807) is 20.8 Å². The van der Waals surface area contributed by atoms with Crippen LogP contribution < -0.4 is 10.1 Å². The molecule has 1 saturated carbocycles. The Morgan fingerprint density at radius 1 is 1.27 bits per heavy atom. The monoisotopic (exact) mass is 412 g/mol. The number of anilines is 1. The summed E-state index contributed by atoms with van der Waals surface area (Å²) in [5, 5.41) is 13.6. The summed E-state index contributed by atoms with van der Waals surface area (Å²) in [6.07, 6.45) is 2.64. The zero-order chi connectivity index (χ0) is 21.8. The van der Waals surface area contributed by atoms with Gasteiger partial charge in [0.1, 0.15) is 30.2 Å². The number of ether oxygens (including phenoxy) is 3. The normalized spacial score (nSPS) is 15.0. The van der Waals surface area contributed by atoms with Gasteiger partial charge in [0.05, 0.1) is 17.0 Å². The summed E-state index contributed by atoms with van der Waals surface area (Å²) in [6, 6.07) is 8.09. The van der Waals surface area contributed by atoms with Crippen molar-refractivity contribution in [2.75, 3.05) is 18.5 Å². The van der Waals surface area contributed by atoms with Gasteiger partial charge >= 0.3 is 6.16 Å². The van der Waals surface area contributed by atoms with Crippen molar-refractivity contribution in [2.24, 2.45) is 0 Å². The predicted octanol–water partition coefficient (Wildman–Crippen LogP) is 4.38. The molecule has 3 rings (SSSR count). The molecule has 0 bridgehead atoms. The van der Waals surface area contributed by atoms with E-state index in [0.717, 1.165) is 35.9 Å². The Kier molecular flexibility index (Phi) is 6.30. The maximum absolute atomic E-state index is 11.7. The smallest absolute Gasteiger partial charge is 0.474 e. The van der Waals surface area contributed by atoms with Gasteiger partial charge < -0.3 is 19.5 Å². The zero-order valence-electron chi connectivity index (χ0n) is 17.9. The largest absolute Gasteiger partial charge is 0.508 e. The number of carbonyl (C=O) groups is 1. The molecule has 1 N–H and O–H groups in total. The van der Waals surface area contributed by atoms with E-state index in [1.165, 1.54) is 0 Å². The summed E-state index contributed by atoms with van der Waals surface area (Å²) in [7, 11) is 0. The topological polar surface area (TPSA) is 106 Å². The first-order valence-corrected chi connectivity index (χ1v) is 10.2. The van der Waals surface area contributed by atoms with Crippen LogP contribution in [0.2, 0.25) is 0 Å². The molecule has 0 radical (unpaired) electrons. The maximum Gasteiger partial charge on any atom is 0.508 e. The fraction of sp³-hybridized carbons (Fsp3) is 0.545. The van der Waals surface area contributed by atoms with Crippen LogP contribution in [0.1, 0.15) is 52.8 Å². The molecule has 8 heteroatoms. The minimum atomic E-state index is -0.735. The Bertz CT molecular complexity index is 958. The number of nitrogens with one attached hydrogen (secondary N) is 1. The summed E-state index contributed by atoms with van der Waals surface area (Å²) >= 11 is 0. The van der Waals surface area contributed by atoms with Crippen molar-refractivity contribution in [3.05, 3.63) is 24.0 Å². The lowest BCUT2D eigenvalue weighted by Crippen LogP contribution is -2.43. The van der Waals surface area contributed by atoms with Crippen molar-refractivity contribution in [2.45, 2.75) is 64.5 Å². The quantitative estimate of drug-likeness (QED) is 0.527. The van der Waals surface area contributed by atoms with Crippen LogP contribution in [0.15, 0.2) is 18.2 Å². The number of rotatable bonds is 7. The third-order valence-electron chi connectivity index (χ3n) is 4.76. The van der Waals surface area contributed by atoms with E-state index in [4.69, 9.17) is 14.2 Å². The summed E-state index contributed by atoms with van der Waals surface area (Å²) in [6.45, 7) is 7.46. The predicted molar refractivity (Wildman–Crippen MR) is 112 cm³/mol. The minimum absolute atomic E-state index is 0.0390. The van der Waals surface area contributed by atoms with Gasteiger partial charge in [-0.3, -0.25) is 0 Å². The molecule has 2 aromatic rings. The lowest BCUT2D eigenvalue weighted by atomic mass is 9.78. The molecule has 1 aromatic heterocycles. The standard InChI is InChI=1S/C22H28N4O4/c1-5-18-24-17-8-7-15(26-22(14-23)9-6-10-22)13-16(17)19(25-18)28-11-12-29-20(27)30-21(2,3)4/h7-8,13,26H,5-6,9-12H2,1-4H3. The van der Waals surface area contributed by atoms with E-state index >= 15 is 0 Å². The second-order valence-corrected chi connectivity index (χ2v) is 8.36. The van der Waals surface area contributed by atoms with Crippen molar-refractivity contribution in [1.82, 2.24) is 9.97 Å². The average molecular weight is 412 g/mol. The first-order valence-electron chi connectivity index (χ1n) is 10.2. The molecule has 0 saturated heterocycles. The van der Waals surface area contributed by atoms with Crippen LogP contribution in [0, 0.1) is 11.3 Å². The van der Waals surface area contributed by atoms with Crippen LogP contribution in [0.5, 0.6) is 5.88 Å². The fourth-order valence-electron chi connectivity index (χ4n) is 3.11. The zero-order valence-corrected chi connectivity index (χ0v) is 17.9. The van der Waals surface area contributed by atoms with Gasteiger partial charge in [0.2, 0.25) is 5.88 Å². The summed E-state index contributed by atoms with van der Waals surface area (Å²) in [5.41, 5.74) is 0.475. The van der Waals surface area contributed by atoms with Gasteiger partial charge in [-0.2, -0.15) is 10.2 Å². The maximum atomic E-state index is 11.7. The third kappa shape index (κ3) is 5.29. The number of hydrogen-bond acceptors (Lipinski definition) is 8. The van der Waals surface area contributed by atoms with Crippen LogP contribution in [-0.4, -0.2) is 40.5 Å². The van der Waals surface area contributed by atoms with Crippen molar-refractivity contribution >= 4 is 22.7 Å². The molecule has 1 heterocycles. The van der Waals surface area contributed by atoms with E-state index in [1.807, 2.05) is 25.1 Å². The molecule has 1 fully saturated rings. The lowest BCUT2D eigenvalue weighted by Gasteiger charge is -2.36. The fourth-order valence-corrected chi connectivity index (χ4v) is 3.11. The van der Waals surface area contributed by atoms with Crippen LogP contribution in [-0.2, 0) is 15.9 Å². The molecule has 1 aliphatic rings. The minimum Gasteiger partial charge on any atom is -0.474 e. The number of benzene rings is 1. The van der Waals surface area contributed by atoms with E-state index in [0.29, 0.717) is 18.1 Å². The first-order chi connectivity index (χ1) is 14.2. The second-order valence-electron chi connectivity index (χ2n) is 8.36. The molecule has 8 nitrogen and oxygen atoms in total. The Morgan fingerprint density at radius 2 is 2.03 bits per heavy atom. The third-order valence-corrected chi connectivity index (χ3v) is 4.76. The van der Waals surface area contributed by atoms with Crippen molar-refractivity contribution < 1.29 is 19.0 Å². The van der Waals surface area contributed by atoms with Gasteiger partial charge in [0, 0.05) is 12.1 Å². The highest BCUT2D eigenvalue weighted by Crippen LogP contribution is 2.36. The number of fused-ring (bicyclic) bond motifs is 1. The molecule has 0 unspecified atom stereocenters. The van der Waals surface area contributed by atoms with Crippen molar-refractivity contribution in [3.8, 4) is 11.9 Å². The van der Waals surface area contributed by atoms with Gasteiger partial charge in [-0.05, 0) is 58.2 Å². The van der Waals surface area contributed by atoms with Crippen LogP contribution in [0.25, 0.3) is 10.9 Å². The number of nitrogens with zero attached hydrogens (tertiary/aromatic N) is 3. The number of carbonyl (C=O) groups excluding carboxylic acids is 1. The van der Waals surface area contributed by atoms with Gasteiger partial charge in [-0.15, -0.1) is 0 Å². The van der Waals surface area contributed by atoms with Gasteiger partial charge in [0.15, 0.2) is 0 Å². The van der Waals surface area contributed by atoms with Gasteiger partial charge in [-0.1, -0.05) is 6.92 Å². The number of aromatic nitrogens is 2. The molecule has 0 amide bonds. The molecular weight excluding hydrogens is 384 g/mol. The van der Waals surface area contributed by atoms with E-state index in [-0.39, 0.29) is 13.2 Å². The summed E-state index contributed by atoms with van der Waals surface area (Å²) in [4.78, 5) is 20.7. The van der Waals surface area contributed by atoms with Crippen molar-refractivity contribution in [1.29, 1.82) is 5.26 Å². The Hall–Kier alpha value is -3.08. The number of nitriles is 1. The molecular formula is C22H28N4O4. The number of hydrogen-bond donors (Lipinski definition) is 1. The highest BCUT2D eigenvalue weighted by molar-refractivity contribution is 5.87. The number of aryl methyl sites for hydroxylation is 1. The first kappa shape index (κ1) is 21.6. The van der Waals surface area contributed by atoms with E-state index in [9.17, 15) is 10.1 Å². The molecule has 1 aliphatic carbocycles. The summed E-state index contributed by atoms with van der Waals surface area (Å²) < 4.78 is 16.0. The summed E-state index contributed by atoms with van der Waals surface area (Å²) in [5.74, 6) is 1.09. The Morgan fingerprint density at radius 3 is 2.63 bits per heavy atom. The van der Waals surface area contributed by atoms with Gasteiger partial charge in [-0.25, -0.2) is 9.78 Å². The molecule has 0 atom stereocenters. The molecule has 30 heavy (non-hydrogen) atoms. The van der Waals surface area contributed by atoms with Crippen LogP contribution in [0.3, 0.4) is 0 Å². The lowest BCUT2D eigenvalue weighted by molar-refractivity contribution is -0.0115. The Balaban J connectivity index is 1.72. The molecule has 0 spiro atoms. The van der Waals surface area contributed by atoms with Crippen molar-refractivity contribution in [3.63, 3.8) is 0 Å². The highest BCUT2D eigenvalue weighted by atomic mass is 16.7. The van der Waals surface area contributed by atoms with Crippen LogP contribution in [0.4, 0.5) is 10.5 Å². The average Bonchev–Trinajstić information content (AvgIpc) is 2.66.